The number of carbonyl (C=O) groups is 1. The van der Waals surface area contributed by atoms with Gasteiger partial charge in [0.2, 0.25) is 5.91 Å². The van der Waals surface area contributed by atoms with Crippen molar-refractivity contribution in [1.29, 1.82) is 0 Å². The van der Waals surface area contributed by atoms with Gasteiger partial charge in [0.15, 0.2) is 5.16 Å². The van der Waals surface area contributed by atoms with Crippen molar-refractivity contribution in [2.45, 2.75) is 50.5 Å². The van der Waals surface area contributed by atoms with Gasteiger partial charge in [-0.1, -0.05) is 48.5 Å². The van der Waals surface area contributed by atoms with E-state index in [0.29, 0.717) is 6.54 Å². The van der Waals surface area contributed by atoms with E-state index in [-0.39, 0.29) is 17.7 Å². The molecule has 1 saturated heterocycles. The predicted octanol–water partition coefficient (Wildman–Crippen LogP) is 3.87. The zero-order valence-corrected chi connectivity index (χ0v) is 18.7. The molecule has 8 heteroatoms. The molecule has 0 radical (unpaired) electrons. The van der Waals surface area contributed by atoms with E-state index in [9.17, 15) is 4.79 Å². The number of amides is 1. The Balaban J connectivity index is 1.43. The van der Waals surface area contributed by atoms with Crippen molar-refractivity contribution in [2.24, 2.45) is 0 Å². The number of piperidine rings is 1. The molecule has 1 aliphatic rings. The van der Waals surface area contributed by atoms with Crippen LogP contribution in [0.25, 0.3) is 0 Å². The molecule has 1 amide bonds. The molecule has 1 N–H and O–H groups in total. The third-order valence-electron chi connectivity index (χ3n) is 5.47. The number of nitrogens with zero attached hydrogens (tertiary/aromatic N) is 4. The van der Waals surface area contributed by atoms with Crippen molar-refractivity contribution in [1.82, 2.24) is 25.0 Å². The highest BCUT2D eigenvalue weighted by Crippen LogP contribution is 2.21. The first-order valence-electron chi connectivity index (χ1n) is 10.8. The second kappa shape index (κ2) is 10.6. The standard InChI is InChI=1S/C23H29N5O2S/c1-18(20-11-8-14-30-20)24-22(29)17-31-23-26-25-21(16-27-12-6-3-7-13-27)28(23)15-19-9-4-2-5-10-19/h2,4-5,8-11,14,18H,3,6-7,12-13,15-17H2,1H3,(H,24,29). The summed E-state index contributed by atoms with van der Waals surface area (Å²) in [6.45, 7) is 5.61. The Labute approximate surface area is 187 Å². The van der Waals surface area contributed by atoms with Crippen LogP contribution in [0.2, 0.25) is 0 Å². The minimum absolute atomic E-state index is 0.0549. The first kappa shape index (κ1) is 21.6. The minimum atomic E-state index is -0.167. The third kappa shape index (κ3) is 5.98. The molecule has 0 aliphatic carbocycles. The van der Waals surface area contributed by atoms with Crippen LogP contribution in [0.5, 0.6) is 0 Å². The number of likely N-dealkylation sites (tertiary alicyclic amines) is 1. The van der Waals surface area contributed by atoms with Gasteiger partial charge in [-0.15, -0.1) is 10.2 Å². The number of aromatic nitrogens is 3. The number of furan rings is 1. The molecule has 1 atom stereocenters. The van der Waals surface area contributed by atoms with E-state index in [1.54, 1.807) is 6.26 Å². The lowest BCUT2D eigenvalue weighted by atomic mass is 10.1. The lowest BCUT2D eigenvalue weighted by Crippen LogP contribution is -2.30. The summed E-state index contributed by atoms with van der Waals surface area (Å²) in [6, 6.07) is 13.8. The maximum absolute atomic E-state index is 12.5. The Morgan fingerprint density at radius 1 is 1.10 bits per heavy atom. The molecule has 4 rings (SSSR count). The number of nitrogens with one attached hydrogen (secondary N) is 1. The van der Waals surface area contributed by atoms with Crippen LogP contribution in [0.3, 0.4) is 0 Å². The lowest BCUT2D eigenvalue weighted by molar-refractivity contribution is -0.119. The summed E-state index contributed by atoms with van der Waals surface area (Å²) in [6.07, 6.45) is 5.40. The van der Waals surface area contributed by atoms with Gasteiger partial charge in [-0.25, -0.2) is 0 Å². The largest absolute Gasteiger partial charge is 0.467 e. The Bertz CT molecular complexity index is 952. The van der Waals surface area contributed by atoms with E-state index in [1.165, 1.54) is 36.6 Å². The van der Waals surface area contributed by atoms with Gasteiger partial charge < -0.3 is 14.3 Å². The molecule has 0 saturated carbocycles. The van der Waals surface area contributed by atoms with Gasteiger partial charge >= 0.3 is 0 Å². The van der Waals surface area contributed by atoms with E-state index in [4.69, 9.17) is 4.42 Å². The smallest absolute Gasteiger partial charge is 0.231 e. The van der Waals surface area contributed by atoms with Gasteiger partial charge in [-0.2, -0.15) is 0 Å². The number of carbonyl (C=O) groups excluding carboxylic acids is 1. The molecule has 1 aliphatic heterocycles. The summed E-state index contributed by atoms with van der Waals surface area (Å²) in [5.74, 6) is 1.93. The molecule has 3 aromatic rings. The molecular formula is C23H29N5O2S. The van der Waals surface area contributed by atoms with Gasteiger partial charge in [-0.05, 0) is 50.6 Å². The maximum atomic E-state index is 12.5. The van der Waals surface area contributed by atoms with Gasteiger partial charge in [0.25, 0.3) is 0 Å². The van der Waals surface area contributed by atoms with Crippen molar-refractivity contribution < 1.29 is 9.21 Å². The molecule has 3 heterocycles. The van der Waals surface area contributed by atoms with Crippen LogP contribution >= 0.6 is 11.8 Å². The molecule has 1 unspecified atom stereocenters. The average molecular weight is 440 g/mol. The third-order valence-corrected chi connectivity index (χ3v) is 6.44. The summed E-state index contributed by atoms with van der Waals surface area (Å²) in [5, 5.41) is 12.7. The summed E-state index contributed by atoms with van der Waals surface area (Å²) >= 11 is 1.42. The van der Waals surface area contributed by atoms with Gasteiger partial charge in [0, 0.05) is 0 Å². The minimum Gasteiger partial charge on any atom is -0.467 e. The number of benzene rings is 1. The molecule has 2 aromatic heterocycles. The summed E-state index contributed by atoms with van der Waals surface area (Å²) < 4.78 is 7.52. The fraction of sp³-hybridized carbons (Fsp3) is 0.435. The van der Waals surface area contributed by atoms with Gasteiger partial charge in [-0.3, -0.25) is 9.69 Å². The van der Waals surface area contributed by atoms with Crippen LogP contribution in [0.4, 0.5) is 0 Å². The first-order chi connectivity index (χ1) is 15.2. The number of hydrogen-bond donors (Lipinski definition) is 1. The van der Waals surface area contributed by atoms with Crippen LogP contribution in [-0.4, -0.2) is 44.4 Å². The van der Waals surface area contributed by atoms with Crippen molar-refractivity contribution in [2.75, 3.05) is 18.8 Å². The van der Waals surface area contributed by atoms with Gasteiger partial charge in [0.1, 0.15) is 11.6 Å². The van der Waals surface area contributed by atoms with Crippen LogP contribution in [0, 0.1) is 0 Å². The zero-order valence-electron chi connectivity index (χ0n) is 17.9. The maximum Gasteiger partial charge on any atom is 0.231 e. The highest BCUT2D eigenvalue weighted by molar-refractivity contribution is 7.99. The lowest BCUT2D eigenvalue weighted by Gasteiger charge is -2.26. The highest BCUT2D eigenvalue weighted by Gasteiger charge is 2.19. The molecule has 0 bridgehead atoms. The van der Waals surface area contributed by atoms with Crippen LogP contribution in [0.1, 0.15) is 49.4 Å². The normalized spacial score (nSPS) is 15.6. The Morgan fingerprint density at radius 3 is 2.65 bits per heavy atom. The molecule has 0 spiro atoms. The topological polar surface area (TPSA) is 76.2 Å². The zero-order chi connectivity index (χ0) is 21.5. The molecule has 7 nitrogen and oxygen atoms in total. The van der Waals surface area contributed by atoms with E-state index in [0.717, 1.165) is 36.4 Å². The van der Waals surface area contributed by atoms with Crippen molar-refractivity contribution in [3.63, 3.8) is 0 Å². The number of hydrogen-bond acceptors (Lipinski definition) is 6. The van der Waals surface area contributed by atoms with Crippen LogP contribution in [-0.2, 0) is 17.9 Å². The first-order valence-corrected chi connectivity index (χ1v) is 11.8. The van der Waals surface area contributed by atoms with Crippen LogP contribution in [0.15, 0.2) is 58.3 Å². The Hall–Kier alpha value is -2.58. The molecule has 31 heavy (non-hydrogen) atoms. The number of rotatable bonds is 9. The molecular weight excluding hydrogens is 410 g/mol. The van der Waals surface area contributed by atoms with Crippen molar-refractivity contribution >= 4 is 17.7 Å². The second-order valence-electron chi connectivity index (χ2n) is 7.90. The fourth-order valence-corrected chi connectivity index (χ4v) is 4.57. The summed E-state index contributed by atoms with van der Waals surface area (Å²) in [7, 11) is 0. The van der Waals surface area contributed by atoms with Crippen molar-refractivity contribution in [3.05, 3.63) is 65.9 Å². The molecule has 1 aromatic carbocycles. The Morgan fingerprint density at radius 2 is 1.90 bits per heavy atom. The van der Waals surface area contributed by atoms with E-state index >= 15 is 0 Å². The van der Waals surface area contributed by atoms with E-state index in [1.807, 2.05) is 37.3 Å². The fourth-order valence-electron chi connectivity index (χ4n) is 3.81. The monoisotopic (exact) mass is 439 g/mol. The second-order valence-corrected chi connectivity index (χ2v) is 8.84. The summed E-state index contributed by atoms with van der Waals surface area (Å²) in [4.78, 5) is 14.9. The van der Waals surface area contributed by atoms with Crippen LogP contribution < -0.4 is 5.32 Å². The van der Waals surface area contributed by atoms with Crippen molar-refractivity contribution in [3.8, 4) is 0 Å². The van der Waals surface area contributed by atoms with E-state index in [2.05, 4.69) is 37.1 Å². The average Bonchev–Trinajstić information content (AvgIpc) is 3.45. The number of thioether (sulfide) groups is 1. The Kier molecular flexibility index (Phi) is 7.43. The van der Waals surface area contributed by atoms with Gasteiger partial charge in [0.05, 0.1) is 31.1 Å². The molecule has 1 fully saturated rings. The molecule has 164 valence electrons. The van der Waals surface area contributed by atoms with E-state index < -0.39 is 0 Å². The summed E-state index contributed by atoms with van der Waals surface area (Å²) in [5.41, 5.74) is 1.19. The quantitative estimate of drug-likeness (QED) is 0.510. The predicted molar refractivity (Wildman–Crippen MR) is 121 cm³/mol. The highest BCUT2D eigenvalue weighted by atomic mass is 32.2. The SMILES string of the molecule is CC(NC(=O)CSc1nnc(CN2CCCCC2)n1Cc1ccccc1)c1ccco1.